The van der Waals surface area contributed by atoms with Gasteiger partial charge in [0.05, 0.1) is 10.4 Å². The fraction of sp³-hybridized carbons (Fsp3) is 0.368. The van der Waals surface area contributed by atoms with E-state index in [-0.39, 0.29) is 10.6 Å². The molecular formula is C19H22N6O2. The van der Waals surface area contributed by atoms with Crippen LogP contribution < -0.4 is 4.90 Å². The highest BCUT2D eigenvalue weighted by atomic mass is 16.6. The molecule has 27 heavy (non-hydrogen) atoms. The van der Waals surface area contributed by atoms with Gasteiger partial charge in [0.1, 0.15) is 11.5 Å². The van der Waals surface area contributed by atoms with E-state index in [9.17, 15) is 10.1 Å². The number of rotatable bonds is 5. The van der Waals surface area contributed by atoms with Crippen molar-refractivity contribution in [1.29, 1.82) is 0 Å². The highest BCUT2D eigenvalue weighted by Gasteiger charge is 2.19. The number of hydrogen-bond acceptors (Lipinski definition) is 6. The largest absolute Gasteiger partial charge is 0.354 e. The Labute approximate surface area is 157 Å². The molecule has 0 saturated carbocycles. The lowest BCUT2D eigenvalue weighted by molar-refractivity contribution is -0.384. The molecule has 3 heterocycles. The number of aromatic amines is 1. The smallest absolute Gasteiger partial charge is 0.270 e. The van der Waals surface area contributed by atoms with Crippen LogP contribution in [0.4, 0.5) is 11.5 Å². The Bertz CT molecular complexity index is 962. The monoisotopic (exact) mass is 366 g/mol. The lowest BCUT2D eigenvalue weighted by Gasteiger charge is -2.35. The Hall–Kier alpha value is -3.00. The predicted octanol–water partition coefficient (Wildman–Crippen LogP) is 3.07. The molecular weight excluding hydrogens is 344 g/mol. The number of nitrogens with one attached hydrogen (secondary N) is 1. The average Bonchev–Trinajstić information content (AvgIpc) is 3.12. The van der Waals surface area contributed by atoms with Gasteiger partial charge in [0.25, 0.3) is 5.69 Å². The van der Waals surface area contributed by atoms with Gasteiger partial charge >= 0.3 is 0 Å². The summed E-state index contributed by atoms with van der Waals surface area (Å²) in [5.41, 5.74) is 2.46. The fourth-order valence-electron chi connectivity index (χ4n) is 3.59. The van der Waals surface area contributed by atoms with Gasteiger partial charge in [-0.3, -0.25) is 20.1 Å². The summed E-state index contributed by atoms with van der Waals surface area (Å²) in [4.78, 5) is 20.0. The number of nitro benzene ring substituents is 1. The molecule has 0 radical (unpaired) electrons. The number of nitro groups is 1. The van der Waals surface area contributed by atoms with Gasteiger partial charge in [-0.25, -0.2) is 4.98 Å². The number of nitrogens with zero attached hydrogens (tertiary/aromatic N) is 5. The van der Waals surface area contributed by atoms with Crippen molar-refractivity contribution in [3.63, 3.8) is 0 Å². The SMILES string of the molecule is CCCN1CCN(c2cc(-c3n[nH]c4ccc([N+](=O)[O-])cc34)ccn2)CC1. The van der Waals surface area contributed by atoms with Crippen LogP contribution in [0.3, 0.4) is 0 Å². The molecule has 1 N–H and O–H groups in total. The minimum Gasteiger partial charge on any atom is -0.354 e. The van der Waals surface area contributed by atoms with Gasteiger partial charge in [0, 0.05) is 55.5 Å². The zero-order valence-electron chi connectivity index (χ0n) is 15.3. The maximum absolute atomic E-state index is 11.1. The molecule has 3 aromatic rings. The Morgan fingerprint density at radius 2 is 2.00 bits per heavy atom. The van der Waals surface area contributed by atoms with Gasteiger partial charge in [0.15, 0.2) is 0 Å². The van der Waals surface area contributed by atoms with Gasteiger partial charge in [-0.2, -0.15) is 5.10 Å². The van der Waals surface area contributed by atoms with E-state index in [4.69, 9.17) is 0 Å². The van der Waals surface area contributed by atoms with Crippen LogP contribution >= 0.6 is 0 Å². The number of hydrogen-bond donors (Lipinski definition) is 1. The Balaban J connectivity index is 1.62. The summed E-state index contributed by atoms with van der Waals surface area (Å²) < 4.78 is 0. The second-order valence-electron chi connectivity index (χ2n) is 6.79. The highest BCUT2D eigenvalue weighted by Crippen LogP contribution is 2.30. The van der Waals surface area contributed by atoms with Crippen LogP contribution in [0.2, 0.25) is 0 Å². The first-order chi connectivity index (χ1) is 13.2. The Kier molecular flexibility index (Phi) is 4.72. The Morgan fingerprint density at radius 1 is 1.19 bits per heavy atom. The summed E-state index contributed by atoms with van der Waals surface area (Å²) in [6.07, 6.45) is 2.95. The topological polar surface area (TPSA) is 91.2 Å². The van der Waals surface area contributed by atoms with E-state index in [0.717, 1.165) is 55.0 Å². The van der Waals surface area contributed by atoms with Gasteiger partial charge in [0.2, 0.25) is 0 Å². The molecule has 8 nitrogen and oxygen atoms in total. The van der Waals surface area contributed by atoms with Crippen molar-refractivity contribution in [3.05, 3.63) is 46.6 Å². The molecule has 0 amide bonds. The summed E-state index contributed by atoms with van der Waals surface area (Å²) in [5.74, 6) is 0.922. The maximum Gasteiger partial charge on any atom is 0.270 e. The summed E-state index contributed by atoms with van der Waals surface area (Å²) in [6.45, 7) is 7.32. The molecule has 1 fully saturated rings. The zero-order chi connectivity index (χ0) is 18.8. The van der Waals surface area contributed by atoms with Crippen molar-refractivity contribution in [1.82, 2.24) is 20.1 Å². The van der Waals surface area contributed by atoms with E-state index < -0.39 is 0 Å². The number of benzene rings is 1. The Morgan fingerprint density at radius 3 is 2.74 bits per heavy atom. The van der Waals surface area contributed by atoms with Crippen LogP contribution in [0, 0.1) is 10.1 Å². The summed E-state index contributed by atoms with van der Waals surface area (Å²) in [6, 6.07) is 8.66. The predicted molar refractivity (Wildman–Crippen MR) is 105 cm³/mol. The van der Waals surface area contributed by atoms with Crippen molar-refractivity contribution in [2.24, 2.45) is 0 Å². The van der Waals surface area contributed by atoms with Crippen molar-refractivity contribution in [3.8, 4) is 11.3 Å². The van der Waals surface area contributed by atoms with Gasteiger partial charge < -0.3 is 4.90 Å². The van der Waals surface area contributed by atoms with E-state index in [2.05, 4.69) is 31.9 Å². The highest BCUT2D eigenvalue weighted by molar-refractivity contribution is 5.94. The number of H-pyrrole nitrogens is 1. The molecule has 0 unspecified atom stereocenters. The molecule has 0 atom stereocenters. The standard InChI is InChI=1S/C19H22N6O2/c1-2-7-23-8-10-24(11-9-23)18-12-14(5-6-20-18)19-16-13-15(25(26)27)3-4-17(16)21-22-19/h3-6,12-13H,2,7-11H2,1H3,(H,21,22). The zero-order valence-corrected chi connectivity index (χ0v) is 15.3. The minimum absolute atomic E-state index is 0.0616. The maximum atomic E-state index is 11.1. The number of piperazine rings is 1. The van der Waals surface area contributed by atoms with Crippen molar-refractivity contribution < 1.29 is 4.92 Å². The lowest BCUT2D eigenvalue weighted by atomic mass is 10.1. The minimum atomic E-state index is -0.385. The molecule has 4 rings (SSSR count). The molecule has 1 aromatic carbocycles. The van der Waals surface area contributed by atoms with Crippen molar-refractivity contribution in [2.45, 2.75) is 13.3 Å². The van der Waals surface area contributed by atoms with Gasteiger partial charge in [-0.1, -0.05) is 6.92 Å². The summed E-state index contributed by atoms with van der Waals surface area (Å²) in [5, 5.41) is 19.2. The van der Waals surface area contributed by atoms with E-state index in [1.807, 2.05) is 12.1 Å². The van der Waals surface area contributed by atoms with Crippen molar-refractivity contribution >= 4 is 22.4 Å². The van der Waals surface area contributed by atoms with Crippen LogP contribution in [-0.4, -0.2) is 57.7 Å². The van der Waals surface area contributed by atoms with Crippen LogP contribution in [0.15, 0.2) is 36.5 Å². The molecule has 1 saturated heterocycles. The third kappa shape index (κ3) is 3.48. The van der Waals surface area contributed by atoms with Crippen LogP contribution in [-0.2, 0) is 0 Å². The van der Waals surface area contributed by atoms with E-state index in [1.165, 1.54) is 12.5 Å². The van der Waals surface area contributed by atoms with Gasteiger partial charge in [-0.15, -0.1) is 0 Å². The molecule has 0 spiro atoms. The molecule has 2 aromatic heterocycles. The number of aromatic nitrogens is 3. The lowest BCUT2D eigenvalue weighted by Crippen LogP contribution is -2.46. The first-order valence-corrected chi connectivity index (χ1v) is 9.22. The molecule has 1 aliphatic heterocycles. The molecule has 0 aliphatic carbocycles. The van der Waals surface area contributed by atoms with E-state index in [0.29, 0.717) is 5.69 Å². The van der Waals surface area contributed by atoms with Crippen molar-refractivity contribution in [2.75, 3.05) is 37.6 Å². The molecule has 140 valence electrons. The number of anilines is 1. The van der Waals surface area contributed by atoms with E-state index in [1.54, 1.807) is 18.3 Å². The third-order valence-corrected chi connectivity index (χ3v) is 5.01. The van der Waals surface area contributed by atoms with E-state index >= 15 is 0 Å². The first kappa shape index (κ1) is 17.4. The average molecular weight is 366 g/mol. The normalized spacial score (nSPS) is 15.4. The van der Waals surface area contributed by atoms with Crippen LogP contribution in [0.1, 0.15) is 13.3 Å². The molecule has 1 aliphatic rings. The first-order valence-electron chi connectivity index (χ1n) is 9.22. The number of pyridine rings is 1. The third-order valence-electron chi connectivity index (χ3n) is 5.01. The number of non-ortho nitro benzene ring substituents is 1. The second kappa shape index (κ2) is 7.32. The number of fused-ring (bicyclic) bond motifs is 1. The quantitative estimate of drug-likeness (QED) is 0.551. The second-order valence-corrected chi connectivity index (χ2v) is 6.79. The summed E-state index contributed by atoms with van der Waals surface area (Å²) >= 11 is 0. The fourth-order valence-corrected chi connectivity index (χ4v) is 3.59. The molecule has 0 bridgehead atoms. The van der Waals surface area contributed by atoms with Crippen LogP contribution in [0.5, 0.6) is 0 Å². The molecule has 8 heteroatoms. The summed E-state index contributed by atoms with van der Waals surface area (Å²) in [7, 11) is 0. The van der Waals surface area contributed by atoms with Gasteiger partial charge in [-0.05, 0) is 31.2 Å². The van der Waals surface area contributed by atoms with Crippen LogP contribution in [0.25, 0.3) is 22.2 Å².